The van der Waals surface area contributed by atoms with Gasteiger partial charge in [0.1, 0.15) is 6.54 Å². The van der Waals surface area contributed by atoms with E-state index in [2.05, 4.69) is 15.5 Å². The van der Waals surface area contributed by atoms with Crippen molar-refractivity contribution < 1.29 is 19.1 Å². The number of morpholine rings is 1. The lowest BCUT2D eigenvalue weighted by molar-refractivity contribution is -0.124. The number of benzene rings is 2. The number of fused-ring (bicyclic) bond motifs is 1. The van der Waals surface area contributed by atoms with Gasteiger partial charge in [-0.05, 0) is 29.8 Å². The van der Waals surface area contributed by atoms with Crippen molar-refractivity contribution in [3.63, 3.8) is 0 Å². The van der Waals surface area contributed by atoms with Crippen LogP contribution in [0.15, 0.2) is 48.5 Å². The van der Waals surface area contributed by atoms with E-state index >= 15 is 0 Å². The number of hydrogen-bond acceptors (Lipinski definition) is 5. The van der Waals surface area contributed by atoms with Crippen LogP contribution in [0.3, 0.4) is 0 Å². The van der Waals surface area contributed by atoms with Gasteiger partial charge in [-0.15, -0.1) is 0 Å². The summed E-state index contributed by atoms with van der Waals surface area (Å²) in [5.41, 5.74) is 3.09. The quantitative estimate of drug-likeness (QED) is 0.745. The van der Waals surface area contributed by atoms with Crippen molar-refractivity contribution in [1.82, 2.24) is 4.90 Å². The van der Waals surface area contributed by atoms with Gasteiger partial charge in [-0.2, -0.15) is 0 Å². The molecule has 2 aromatic rings. The lowest BCUT2D eigenvalue weighted by Crippen LogP contribution is -2.42. The molecule has 0 unspecified atom stereocenters. The molecular weight excluding hydrogens is 396 g/mol. The Balaban J connectivity index is 1.31. The molecule has 2 heterocycles. The standard InChI is InChI=1S/C23H26N4O4/c28-21(24-18-5-3-4-17(14-18)15-26-10-12-31-13-11-26)8-9-23(30)27-16-22(29)25-19-6-1-2-7-20(19)27/h1-7,14H,8-13,15-16H2,(H,24,28)(H,25,29). The number of para-hydroxylation sites is 2. The molecule has 31 heavy (non-hydrogen) atoms. The fourth-order valence-corrected chi connectivity index (χ4v) is 3.80. The Kier molecular flexibility index (Phi) is 6.59. The highest BCUT2D eigenvalue weighted by molar-refractivity contribution is 6.10. The number of nitrogens with zero attached hydrogens (tertiary/aromatic N) is 2. The zero-order valence-corrected chi connectivity index (χ0v) is 17.3. The van der Waals surface area contributed by atoms with Crippen LogP contribution in [0.25, 0.3) is 0 Å². The Labute approximate surface area is 181 Å². The topological polar surface area (TPSA) is 91.0 Å². The minimum atomic E-state index is -0.251. The maximum Gasteiger partial charge on any atom is 0.244 e. The second-order valence-electron chi connectivity index (χ2n) is 7.68. The van der Waals surface area contributed by atoms with Crippen molar-refractivity contribution in [1.29, 1.82) is 0 Å². The smallest absolute Gasteiger partial charge is 0.244 e. The van der Waals surface area contributed by atoms with E-state index in [0.717, 1.165) is 38.4 Å². The fraction of sp³-hybridized carbons (Fsp3) is 0.348. The van der Waals surface area contributed by atoms with Crippen LogP contribution >= 0.6 is 0 Å². The molecular formula is C23H26N4O4. The van der Waals surface area contributed by atoms with E-state index in [1.54, 1.807) is 18.2 Å². The van der Waals surface area contributed by atoms with Crippen LogP contribution in [-0.2, 0) is 25.7 Å². The highest BCUT2D eigenvalue weighted by Crippen LogP contribution is 2.29. The number of anilines is 3. The Morgan fingerprint density at radius 1 is 1.03 bits per heavy atom. The molecule has 2 aliphatic rings. The van der Waals surface area contributed by atoms with Crippen LogP contribution < -0.4 is 15.5 Å². The predicted octanol–water partition coefficient (Wildman–Crippen LogP) is 2.22. The largest absolute Gasteiger partial charge is 0.379 e. The molecule has 8 nitrogen and oxygen atoms in total. The molecule has 2 aliphatic heterocycles. The monoisotopic (exact) mass is 422 g/mol. The normalized spacial score (nSPS) is 16.4. The highest BCUT2D eigenvalue weighted by Gasteiger charge is 2.26. The van der Waals surface area contributed by atoms with Crippen LogP contribution in [0.1, 0.15) is 18.4 Å². The molecule has 2 aromatic carbocycles. The first-order chi connectivity index (χ1) is 15.1. The summed E-state index contributed by atoms with van der Waals surface area (Å²) >= 11 is 0. The van der Waals surface area contributed by atoms with Gasteiger partial charge in [-0.25, -0.2) is 0 Å². The van der Waals surface area contributed by atoms with Crippen molar-refractivity contribution in [2.75, 3.05) is 48.4 Å². The third kappa shape index (κ3) is 5.48. The third-order valence-electron chi connectivity index (χ3n) is 5.36. The minimum absolute atomic E-state index is 0.0287. The van der Waals surface area contributed by atoms with Crippen molar-refractivity contribution >= 4 is 34.8 Å². The van der Waals surface area contributed by atoms with Gasteiger partial charge in [0.15, 0.2) is 0 Å². The van der Waals surface area contributed by atoms with Crippen LogP contribution in [0, 0.1) is 0 Å². The molecule has 0 aliphatic carbocycles. The Morgan fingerprint density at radius 3 is 2.68 bits per heavy atom. The molecule has 0 atom stereocenters. The number of amides is 3. The van der Waals surface area contributed by atoms with Gasteiger partial charge in [-0.3, -0.25) is 19.3 Å². The maximum absolute atomic E-state index is 12.7. The second-order valence-corrected chi connectivity index (χ2v) is 7.68. The molecule has 162 valence electrons. The SMILES string of the molecule is O=C(CCC(=O)N1CC(=O)Nc2ccccc21)Nc1cccc(CN2CCOCC2)c1. The lowest BCUT2D eigenvalue weighted by Gasteiger charge is -2.29. The van der Waals surface area contributed by atoms with Gasteiger partial charge in [0.2, 0.25) is 17.7 Å². The average Bonchev–Trinajstić information content (AvgIpc) is 2.78. The highest BCUT2D eigenvalue weighted by atomic mass is 16.5. The second kappa shape index (κ2) is 9.72. The maximum atomic E-state index is 12.7. The van der Waals surface area contributed by atoms with Crippen molar-refractivity contribution in [2.24, 2.45) is 0 Å². The zero-order chi connectivity index (χ0) is 21.6. The number of ether oxygens (including phenoxy) is 1. The molecule has 2 N–H and O–H groups in total. The summed E-state index contributed by atoms with van der Waals surface area (Å²) in [5, 5.41) is 5.63. The molecule has 0 radical (unpaired) electrons. The number of carbonyl (C=O) groups excluding carboxylic acids is 3. The molecule has 4 rings (SSSR count). The minimum Gasteiger partial charge on any atom is -0.379 e. The Morgan fingerprint density at radius 2 is 1.84 bits per heavy atom. The van der Waals surface area contributed by atoms with Gasteiger partial charge < -0.3 is 20.3 Å². The number of rotatable bonds is 6. The third-order valence-corrected chi connectivity index (χ3v) is 5.36. The molecule has 1 saturated heterocycles. The van der Waals surface area contributed by atoms with E-state index in [0.29, 0.717) is 17.1 Å². The summed E-state index contributed by atoms with van der Waals surface area (Å²) in [5.74, 6) is -0.723. The molecule has 3 amide bonds. The van der Waals surface area contributed by atoms with Gasteiger partial charge >= 0.3 is 0 Å². The summed E-state index contributed by atoms with van der Waals surface area (Å²) in [6.45, 7) is 4.05. The average molecular weight is 422 g/mol. The lowest BCUT2D eigenvalue weighted by atomic mass is 10.1. The Hall–Kier alpha value is -3.23. The molecule has 1 fully saturated rings. The molecule has 0 saturated carbocycles. The van der Waals surface area contributed by atoms with Crippen molar-refractivity contribution in [3.8, 4) is 0 Å². The van der Waals surface area contributed by atoms with Crippen LogP contribution in [0.2, 0.25) is 0 Å². The summed E-state index contributed by atoms with van der Waals surface area (Å²) in [7, 11) is 0. The molecule has 0 spiro atoms. The number of carbonyl (C=O) groups is 3. The van der Waals surface area contributed by atoms with Crippen LogP contribution in [0.5, 0.6) is 0 Å². The van der Waals surface area contributed by atoms with Crippen molar-refractivity contribution in [2.45, 2.75) is 19.4 Å². The number of hydrogen-bond donors (Lipinski definition) is 2. The Bertz CT molecular complexity index is 972. The molecule has 0 aromatic heterocycles. The number of nitrogens with one attached hydrogen (secondary N) is 2. The predicted molar refractivity (Wildman–Crippen MR) is 118 cm³/mol. The van der Waals surface area contributed by atoms with E-state index in [4.69, 9.17) is 4.74 Å². The van der Waals surface area contributed by atoms with Gasteiger partial charge in [0, 0.05) is 38.2 Å². The van der Waals surface area contributed by atoms with Gasteiger partial charge in [0.05, 0.1) is 24.6 Å². The van der Waals surface area contributed by atoms with Crippen LogP contribution in [-0.4, -0.2) is 55.5 Å². The first-order valence-electron chi connectivity index (χ1n) is 10.5. The molecule has 8 heteroatoms. The summed E-state index contributed by atoms with van der Waals surface area (Å²) in [6.07, 6.45) is 0.0771. The van der Waals surface area contributed by atoms with Crippen molar-refractivity contribution in [3.05, 3.63) is 54.1 Å². The van der Waals surface area contributed by atoms with Gasteiger partial charge in [-0.1, -0.05) is 24.3 Å². The van der Waals surface area contributed by atoms with E-state index in [9.17, 15) is 14.4 Å². The van der Waals surface area contributed by atoms with Gasteiger partial charge in [0.25, 0.3) is 0 Å². The summed E-state index contributed by atoms with van der Waals surface area (Å²) < 4.78 is 5.38. The zero-order valence-electron chi connectivity index (χ0n) is 17.3. The first kappa shape index (κ1) is 21.0. The fourth-order valence-electron chi connectivity index (χ4n) is 3.80. The molecule has 0 bridgehead atoms. The van der Waals surface area contributed by atoms with E-state index in [1.807, 2.05) is 30.3 Å². The summed E-state index contributed by atoms with van der Waals surface area (Å²) in [6, 6.07) is 14.9. The van der Waals surface area contributed by atoms with E-state index in [-0.39, 0.29) is 37.1 Å². The first-order valence-corrected chi connectivity index (χ1v) is 10.5. The van der Waals surface area contributed by atoms with Crippen LogP contribution in [0.4, 0.5) is 17.1 Å². The summed E-state index contributed by atoms with van der Waals surface area (Å²) in [4.78, 5) is 40.8. The van der Waals surface area contributed by atoms with E-state index < -0.39 is 0 Å². The van der Waals surface area contributed by atoms with E-state index in [1.165, 1.54) is 4.90 Å².